The first kappa shape index (κ1) is 10.6. The van der Waals surface area contributed by atoms with Gasteiger partial charge in [-0.1, -0.05) is 44.7 Å². The summed E-state index contributed by atoms with van der Waals surface area (Å²) in [5, 5.41) is 2.94. The molecule has 0 radical (unpaired) electrons. The van der Waals surface area contributed by atoms with Gasteiger partial charge >= 0.3 is 0 Å². The fourth-order valence-corrected chi connectivity index (χ4v) is 1.21. The SMILES string of the molecule is CCCCCC(CC)CN=O. The van der Waals surface area contributed by atoms with Crippen LogP contribution in [-0.2, 0) is 0 Å². The predicted molar refractivity (Wildman–Crippen MR) is 48.6 cm³/mol. The third-order valence-corrected chi connectivity index (χ3v) is 2.13. The van der Waals surface area contributed by atoms with Crippen molar-refractivity contribution in [3.05, 3.63) is 4.91 Å². The second-order valence-corrected chi connectivity index (χ2v) is 3.08. The van der Waals surface area contributed by atoms with Crippen molar-refractivity contribution in [3.8, 4) is 0 Å². The largest absolute Gasteiger partial charge is 0.151 e. The van der Waals surface area contributed by atoms with Gasteiger partial charge in [-0.15, -0.1) is 0 Å². The van der Waals surface area contributed by atoms with Gasteiger partial charge in [0.25, 0.3) is 0 Å². The molecule has 66 valence electrons. The van der Waals surface area contributed by atoms with E-state index in [-0.39, 0.29) is 0 Å². The zero-order valence-corrected chi connectivity index (χ0v) is 7.68. The molecule has 0 aromatic rings. The van der Waals surface area contributed by atoms with Gasteiger partial charge in [-0.25, -0.2) is 0 Å². The minimum atomic E-state index is 0.514. The van der Waals surface area contributed by atoms with Crippen LogP contribution < -0.4 is 0 Å². The van der Waals surface area contributed by atoms with Crippen molar-refractivity contribution in [2.45, 2.75) is 46.0 Å². The smallest absolute Gasteiger partial charge is 0.0839 e. The summed E-state index contributed by atoms with van der Waals surface area (Å²) in [4.78, 5) is 9.96. The number of unbranched alkanes of at least 4 members (excludes halogenated alkanes) is 2. The average Bonchev–Trinajstić information content (AvgIpc) is 2.03. The molecule has 0 N–H and O–H groups in total. The van der Waals surface area contributed by atoms with Gasteiger partial charge < -0.3 is 0 Å². The summed E-state index contributed by atoms with van der Waals surface area (Å²) in [6.07, 6.45) is 6.07. The summed E-state index contributed by atoms with van der Waals surface area (Å²) >= 11 is 0. The van der Waals surface area contributed by atoms with E-state index >= 15 is 0 Å². The van der Waals surface area contributed by atoms with Crippen LogP contribution in [0.5, 0.6) is 0 Å². The maximum absolute atomic E-state index is 9.96. The van der Waals surface area contributed by atoms with E-state index in [1.807, 2.05) is 0 Å². The van der Waals surface area contributed by atoms with Gasteiger partial charge in [-0.05, 0) is 12.3 Å². The molecule has 0 heterocycles. The topological polar surface area (TPSA) is 29.4 Å². The zero-order chi connectivity index (χ0) is 8.53. The molecule has 0 aliphatic heterocycles. The average molecular weight is 157 g/mol. The molecular formula is C9H19NO. The lowest BCUT2D eigenvalue weighted by atomic mass is 9.99. The highest BCUT2D eigenvalue weighted by molar-refractivity contribution is 4.59. The molecule has 2 nitrogen and oxygen atoms in total. The number of rotatable bonds is 7. The fourth-order valence-electron chi connectivity index (χ4n) is 1.21. The van der Waals surface area contributed by atoms with Crippen LogP contribution in [0.4, 0.5) is 0 Å². The molecule has 0 aliphatic carbocycles. The molecule has 0 aromatic carbocycles. The van der Waals surface area contributed by atoms with Gasteiger partial charge in [0.05, 0.1) is 6.54 Å². The lowest BCUT2D eigenvalue weighted by Crippen LogP contribution is -2.02. The minimum Gasteiger partial charge on any atom is -0.151 e. The molecule has 0 bridgehead atoms. The van der Waals surface area contributed by atoms with Crippen molar-refractivity contribution in [3.63, 3.8) is 0 Å². The highest BCUT2D eigenvalue weighted by atomic mass is 16.3. The van der Waals surface area contributed by atoms with Crippen molar-refractivity contribution in [2.24, 2.45) is 11.1 Å². The molecule has 2 heteroatoms. The van der Waals surface area contributed by atoms with E-state index in [2.05, 4.69) is 19.0 Å². The van der Waals surface area contributed by atoms with Gasteiger partial charge in [0, 0.05) is 0 Å². The van der Waals surface area contributed by atoms with E-state index in [4.69, 9.17) is 0 Å². The van der Waals surface area contributed by atoms with Crippen LogP contribution in [0.3, 0.4) is 0 Å². The maximum atomic E-state index is 9.96. The first-order valence-corrected chi connectivity index (χ1v) is 4.64. The lowest BCUT2D eigenvalue weighted by molar-refractivity contribution is 0.454. The molecule has 1 atom stereocenters. The predicted octanol–water partition coefficient (Wildman–Crippen LogP) is 3.36. The Morgan fingerprint density at radius 2 is 2.00 bits per heavy atom. The van der Waals surface area contributed by atoms with Gasteiger partial charge in [0.15, 0.2) is 0 Å². The van der Waals surface area contributed by atoms with Crippen LogP contribution in [0.15, 0.2) is 5.18 Å². The van der Waals surface area contributed by atoms with E-state index < -0.39 is 0 Å². The van der Waals surface area contributed by atoms with Crippen LogP contribution >= 0.6 is 0 Å². The van der Waals surface area contributed by atoms with Crippen LogP contribution in [0.25, 0.3) is 0 Å². The Labute approximate surface area is 69.4 Å². The molecule has 0 aliphatic rings. The first-order chi connectivity index (χ1) is 5.35. The summed E-state index contributed by atoms with van der Waals surface area (Å²) < 4.78 is 0. The Kier molecular flexibility index (Phi) is 7.42. The highest BCUT2D eigenvalue weighted by Gasteiger charge is 2.04. The third-order valence-electron chi connectivity index (χ3n) is 2.13. The van der Waals surface area contributed by atoms with Crippen LogP contribution in [-0.4, -0.2) is 6.54 Å². The lowest BCUT2D eigenvalue weighted by Gasteiger charge is -2.08. The zero-order valence-electron chi connectivity index (χ0n) is 7.68. The quantitative estimate of drug-likeness (QED) is 0.411. The Balaban J connectivity index is 3.27. The summed E-state index contributed by atoms with van der Waals surface area (Å²) in [5.41, 5.74) is 0. The van der Waals surface area contributed by atoms with E-state index in [0.717, 1.165) is 6.42 Å². The van der Waals surface area contributed by atoms with Crippen LogP contribution in [0.1, 0.15) is 46.0 Å². The molecule has 0 saturated heterocycles. The number of nitroso groups, excluding NO2 is 1. The summed E-state index contributed by atoms with van der Waals surface area (Å²) in [6.45, 7) is 4.83. The van der Waals surface area contributed by atoms with E-state index in [0.29, 0.717) is 12.5 Å². The summed E-state index contributed by atoms with van der Waals surface area (Å²) in [6, 6.07) is 0. The molecule has 0 fully saturated rings. The highest BCUT2D eigenvalue weighted by Crippen LogP contribution is 2.13. The number of nitrogens with zero attached hydrogens (tertiary/aromatic N) is 1. The van der Waals surface area contributed by atoms with Gasteiger partial charge in [-0.3, -0.25) is 0 Å². The Hall–Kier alpha value is -0.400. The third kappa shape index (κ3) is 6.02. The molecule has 0 rings (SSSR count). The maximum Gasteiger partial charge on any atom is 0.0839 e. The molecule has 0 aromatic heterocycles. The molecule has 0 spiro atoms. The van der Waals surface area contributed by atoms with Gasteiger partial charge in [-0.2, -0.15) is 4.91 Å². The van der Waals surface area contributed by atoms with Crippen LogP contribution in [0, 0.1) is 10.8 Å². The second kappa shape index (κ2) is 7.70. The van der Waals surface area contributed by atoms with Crippen LogP contribution in [0.2, 0.25) is 0 Å². The molecule has 0 saturated carbocycles. The minimum absolute atomic E-state index is 0.514. The molecule has 1 unspecified atom stereocenters. The molecular weight excluding hydrogens is 138 g/mol. The van der Waals surface area contributed by atoms with Crippen molar-refractivity contribution in [1.29, 1.82) is 0 Å². The van der Waals surface area contributed by atoms with Crippen molar-refractivity contribution < 1.29 is 0 Å². The first-order valence-electron chi connectivity index (χ1n) is 4.64. The number of hydrogen-bond donors (Lipinski definition) is 0. The van der Waals surface area contributed by atoms with Gasteiger partial charge in [0.2, 0.25) is 0 Å². The monoisotopic (exact) mass is 157 g/mol. The number of hydrogen-bond acceptors (Lipinski definition) is 2. The Morgan fingerprint density at radius 3 is 2.45 bits per heavy atom. The normalized spacial score (nSPS) is 12.9. The van der Waals surface area contributed by atoms with Crippen molar-refractivity contribution >= 4 is 0 Å². The van der Waals surface area contributed by atoms with E-state index in [1.165, 1.54) is 25.7 Å². The Bertz CT molecular complexity index is 93.6. The fraction of sp³-hybridized carbons (Fsp3) is 1.00. The summed E-state index contributed by atoms with van der Waals surface area (Å²) in [7, 11) is 0. The molecule has 11 heavy (non-hydrogen) atoms. The van der Waals surface area contributed by atoms with E-state index in [9.17, 15) is 4.91 Å². The van der Waals surface area contributed by atoms with Crippen molar-refractivity contribution in [1.82, 2.24) is 0 Å². The van der Waals surface area contributed by atoms with Gasteiger partial charge in [0.1, 0.15) is 0 Å². The molecule has 0 amide bonds. The Morgan fingerprint density at radius 1 is 1.27 bits per heavy atom. The standard InChI is InChI=1S/C9H19NO/c1-3-5-6-7-9(4-2)8-10-11/h9H,3-8H2,1-2H3. The second-order valence-electron chi connectivity index (χ2n) is 3.08. The van der Waals surface area contributed by atoms with Crippen molar-refractivity contribution in [2.75, 3.05) is 6.54 Å². The van der Waals surface area contributed by atoms with E-state index in [1.54, 1.807) is 0 Å². The summed E-state index contributed by atoms with van der Waals surface area (Å²) in [5.74, 6) is 0.541.